The third-order valence-corrected chi connectivity index (χ3v) is 4.12. The molecule has 1 aliphatic rings. The van der Waals surface area contributed by atoms with Crippen molar-refractivity contribution in [3.8, 4) is 6.07 Å². The number of furan rings is 1. The number of rotatable bonds is 3. The summed E-state index contributed by atoms with van der Waals surface area (Å²) in [6, 6.07) is 13.5. The van der Waals surface area contributed by atoms with E-state index < -0.39 is 0 Å². The maximum absolute atomic E-state index is 9.19. The Morgan fingerprint density at radius 2 is 2.16 bits per heavy atom. The van der Waals surface area contributed by atoms with Gasteiger partial charge in [-0.05, 0) is 36.8 Å². The van der Waals surface area contributed by atoms with Gasteiger partial charge in [0.1, 0.15) is 17.2 Å². The number of aromatic nitrogens is 2. The van der Waals surface area contributed by atoms with Crippen LogP contribution in [0.3, 0.4) is 0 Å². The Morgan fingerprint density at radius 1 is 1.24 bits per heavy atom. The SMILES string of the molecule is Cc1ccc(C2=NN(c3cnccn3)C(c3cccc(C#N)c3)C2)o1. The van der Waals surface area contributed by atoms with Crippen LogP contribution in [0.15, 0.2) is 64.5 Å². The summed E-state index contributed by atoms with van der Waals surface area (Å²) in [6.07, 6.45) is 5.62. The zero-order valence-electron chi connectivity index (χ0n) is 13.6. The van der Waals surface area contributed by atoms with E-state index in [-0.39, 0.29) is 6.04 Å². The van der Waals surface area contributed by atoms with E-state index in [0.717, 1.165) is 22.8 Å². The highest BCUT2D eigenvalue weighted by atomic mass is 16.3. The van der Waals surface area contributed by atoms with Gasteiger partial charge in [-0.1, -0.05) is 12.1 Å². The molecule has 3 heterocycles. The van der Waals surface area contributed by atoms with Crippen molar-refractivity contribution in [3.05, 3.63) is 77.6 Å². The first kappa shape index (κ1) is 15.1. The Hall–Kier alpha value is -3.46. The van der Waals surface area contributed by atoms with E-state index in [0.29, 0.717) is 17.8 Å². The summed E-state index contributed by atoms with van der Waals surface area (Å²) in [7, 11) is 0. The Morgan fingerprint density at radius 3 is 2.88 bits per heavy atom. The quantitative estimate of drug-likeness (QED) is 0.733. The molecule has 0 bridgehead atoms. The van der Waals surface area contributed by atoms with Gasteiger partial charge in [0.25, 0.3) is 0 Å². The first-order valence-electron chi connectivity index (χ1n) is 7.94. The molecule has 1 atom stereocenters. The first-order valence-corrected chi connectivity index (χ1v) is 7.94. The largest absolute Gasteiger partial charge is 0.460 e. The van der Waals surface area contributed by atoms with Crippen LogP contribution in [0, 0.1) is 18.3 Å². The Labute approximate surface area is 145 Å². The molecule has 1 aromatic carbocycles. The third-order valence-electron chi connectivity index (χ3n) is 4.12. The zero-order valence-corrected chi connectivity index (χ0v) is 13.6. The number of nitrogens with zero attached hydrogens (tertiary/aromatic N) is 5. The zero-order chi connectivity index (χ0) is 17.2. The molecular formula is C19H15N5O. The lowest BCUT2D eigenvalue weighted by atomic mass is 9.99. The van der Waals surface area contributed by atoms with Crippen LogP contribution in [0.5, 0.6) is 0 Å². The van der Waals surface area contributed by atoms with E-state index in [1.807, 2.05) is 42.3 Å². The Balaban J connectivity index is 1.76. The van der Waals surface area contributed by atoms with E-state index in [2.05, 4.69) is 16.0 Å². The van der Waals surface area contributed by atoms with Crippen LogP contribution in [0.25, 0.3) is 0 Å². The van der Waals surface area contributed by atoms with Gasteiger partial charge in [0.2, 0.25) is 0 Å². The maximum Gasteiger partial charge on any atom is 0.168 e. The highest BCUT2D eigenvalue weighted by Gasteiger charge is 2.32. The van der Waals surface area contributed by atoms with E-state index >= 15 is 0 Å². The second-order valence-electron chi connectivity index (χ2n) is 5.82. The summed E-state index contributed by atoms with van der Waals surface area (Å²) in [5, 5.41) is 15.8. The molecular weight excluding hydrogens is 314 g/mol. The van der Waals surface area contributed by atoms with E-state index in [9.17, 15) is 5.26 Å². The molecule has 3 aromatic rings. The first-order chi connectivity index (χ1) is 12.2. The van der Waals surface area contributed by atoms with Crippen molar-refractivity contribution in [2.75, 3.05) is 5.01 Å². The van der Waals surface area contributed by atoms with Crippen LogP contribution in [-0.4, -0.2) is 15.7 Å². The lowest BCUT2D eigenvalue weighted by Crippen LogP contribution is -2.19. The van der Waals surface area contributed by atoms with Crippen molar-refractivity contribution in [2.45, 2.75) is 19.4 Å². The van der Waals surface area contributed by atoms with Crippen LogP contribution in [0.2, 0.25) is 0 Å². The van der Waals surface area contributed by atoms with Crippen LogP contribution >= 0.6 is 0 Å². The predicted octanol–water partition coefficient (Wildman–Crippen LogP) is 3.61. The Bertz CT molecular complexity index is 971. The number of hydrazone groups is 1. The summed E-state index contributed by atoms with van der Waals surface area (Å²) in [5.41, 5.74) is 2.48. The molecule has 0 aliphatic carbocycles. The minimum absolute atomic E-state index is 0.0644. The van der Waals surface area contributed by atoms with Gasteiger partial charge >= 0.3 is 0 Å². The number of nitriles is 1. The number of aryl methyl sites for hydroxylation is 1. The molecule has 0 spiro atoms. The van der Waals surface area contributed by atoms with Gasteiger partial charge in [0, 0.05) is 18.8 Å². The van der Waals surface area contributed by atoms with Gasteiger partial charge in [-0.3, -0.25) is 4.98 Å². The summed E-state index contributed by atoms with van der Waals surface area (Å²) in [6.45, 7) is 1.91. The summed E-state index contributed by atoms with van der Waals surface area (Å²) in [4.78, 5) is 8.52. The maximum atomic E-state index is 9.19. The normalized spacial score (nSPS) is 16.6. The second kappa shape index (κ2) is 6.21. The molecule has 0 saturated carbocycles. The lowest BCUT2D eigenvalue weighted by Gasteiger charge is -2.22. The molecule has 1 unspecified atom stereocenters. The van der Waals surface area contributed by atoms with E-state index in [1.165, 1.54) is 0 Å². The van der Waals surface area contributed by atoms with Gasteiger partial charge in [0.05, 0.1) is 23.9 Å². The van der Waals surface area contributed by atoms with E-state index in [1.54, 1.807) is 24.7 Å². The number of anilines is 1. The molecule has 2 aromatic heterocycles. The molecule has 25 heavy (non-hydrogen) atoms. The van der Waals surface area contributed by atoms with Crippen molar-refractivity contribution >= 4 is 11.5 Å². The topological polar surface area (TPSA) is 78.3 Å². The monoisotopic (exact) mass is 329 g/mol. The number of hydrogen-bond donors (Lipinski definition) is 0. The molecule has 4 rings (SSSR count). The predicted molar refractivity (Wildman–Crippen MR) is 93.0 cm³/mol. The summed E-state index contributed by atoms with van der Waals surface area (Å²) in [5.74, 6) is 2.26. The molecule has 0 radical (unpaired) electrons. The summed E-state index contributed by atoms with van der Waals surface area (Å²) < 4.78 is 5.73. The van der Waals surface area contributed by atoms with Gasteiger partial charge in [-0.15, -0.1) is 0 Å². The molecule has 0 N–H and O–H groups in total. The van der Waals surface area contributed by atoms with Crippen LogP contribution in [0.1, 0.15) is 35.1 Å². The van der Waals surface area contributed by atoms with Crippen molar-refractivity contribution in [2.24, 2.45) is 5.10 Å². The fourth-order valence-corrected chi connectivity index (χ4v) is 2.94. The Kier molecular flexibility index (Phi) is 3.75. The number of benzene rings is 1. The van der Waals surface area contributed by atoms with Gasteiger partial charge in [-0.2, -0.15) is 10.4 Å². The highest BCUT2D eigenvalue weighted by molar-refractivity contribution is 6.01. The van der Waals surface area contributed by atoms with Crippen LogP contribution in [0.4, 0.5) is 5.82 Å². The van der Waals surface area contributed by atoms with Gasteiger partial charge in [-0.25, -0.2) is 9.99 Å². The smallest absolute Gasteiger partial charge is 0.168 e. The molecule has 1 aliphatic heterocycles. The highest BCUT2D eigenvalue weighted by Crippen LogP contribution is 2.35. The summed E-state index contributed by atoms with van der Waals surface area (Å²) >= 11 is 0. The van der Waals surface area contributed by atoms with Crippen molar-refractivity contribution < 1.29 is 4.42 Å². The fourth-order valence-electron chi connectivity index (χ4n) is 2.94. The average molecular weight is 329 g/mol. The van der Waals surface area contributed by atoms with E-state index in [4.69, 9.17) is 9.52 Å². The standard InChI is InChI=1S/C19H15N5O/c1-13-5-6-18(25-13)16-10-17(15-4-2-3-14(9-15)11-20)24(23-16)19-12-21-7-8-22-19/h2-9,12,17H,10H2,1H3. The minimum atomic E-state index is -0.0644. The van der Waals surface area contributed by atoms with Crippen LogP contribution < -0.4 is 5.01 Å². The fraction of sp³-hybridized carbons (Fsp3) is 0.158. The third kappa shape index (κ3) is 2.88. The molecule has 6 nitrogen and oxygen atoms in total. The molecule has 0 saturated heterocycles. The van der Waals surface area contributed by atoms with Crippen molar-refractivity contribution in [1.29, 1.82) is 5.26 Å². The average Bonchev–Trinajstić information content (AvgIpc) is 3.29. The van der Waals surface area contributed by atoms with Gasteiger partial charge in [0.15, 0.2) is 5.82 Å². The minimum Gasteiger partial charge on any atom is -0.460 e. The number of hydrogen-bond acceptors (Lipinski definition) is 6. The molecule has 0 amide bonds. The molecule has 0 fully saturated rings. The molecule has 6 heteroatoms. The van der Waals surface area contributed by atoms with Crippen LogP contribution in [-0.2, 0) is 0 Å². The van der Waals surface area contributed by atoms with Gasteiger partial charge < -0.3 is 4.42 Å². The molecule has 122 valence electrons. The second-order valence-corrected chi connectivity index (χ2v) is 5.82. The van der Waals surface area contributed by atoms with Crippen molar-refractivity contribution in [3.63, 3.8) is 0 Å². The lowest BCUT2D eigenvalue weighted by molar-refractivity contribution is 0.524. The van der Waals surface area contributed by atoms with Crippen molar-refractivity contribution in [1.82, 2.24) is 9.97 Å².